The molecule has 8 heteroatoms. The molecule has 0 saturated carbocycles. The molecule has 0 atom stereocenters. The van der Waals surface area contributed by atoms with E-state index < -0.39 is 11.5 Å². The molecule has 0 unspecified atom stereocenters. The van der Waals surface area contributed by atoms with Gasteiger partial charge in [-0.3, -0.25) is 9.59 Å². The Kier molecular flexibility index (Phi) is 5.44. The van der Waals surface area contributed by atoms with Crippen LogP contribution < -0.4 is 10.9 Å². The summed E-state index contributed by atoms with van der Waals surface area (Å²) in [7, 11) is 0. The first kappa shape index (κ1) is 20.2. The smallest absolute Gasteiger partial charge is 0.263 e. The lowest BCUT2D eigenvalue weighted by Crippen LogP contribution is -2.28. The second kappa shape index (κ2) is 8.35. The van der Waals surface area contributed by atoms with Crippen LogP contribution in [-0.2, 0) is 11.3 Å². The molecular formula is C23H19FN4O3. The first-order chi connectivity index (χ1) is 14.9. The molecule has 0 saturated heterocycles. The topological polar surface area (TPSA) is 90.0 Å². The largest absolute Gasteiger partial charge is 0.333 e. The van der Waals surface area contributed by atoms with Crippen molar-refractivity contribution in [1.82, 2.24) is 14.7 Å². The summed E-state index contributed by atoms with van der Waals surface area (Å²) < 4.78 is 19.8. The van der Waals surface area contributed by atoms with Gasteiger partial charge in [-0.15, -0.1) is 0 Å². The van der Waals surface area contributed by atoms with Crippen molar-refractivity contribution in [1.29, 1.82) is 0 Å². The lowest BCUT2D eigenvalue weighted by Gasteiger charge is -2.10. The summed E-state index contributed by atoms with van der Waals surface area (Å²) >= 11 is 0. The van der Waals surface area contributed by atoms with E-state index in [0.717, 1.165) is 11.1 Å². The van der Waals surface area contributed by atoms with Crippen molar-refractivity contribution >= 4 is 11.6 Å². The first-order valence-corrected chi connectivity index (χ1v) is 9.58. The number of aryl methyl sites for hydroxylation is 2. The SMILES string of the molecule is Cc1cc(F)ccc1NC(=O)Cn1cccc(-c2nc(-c3ccccc3C)no2)c1=O. The molecular weight excluding hydrogens is 399 g/mol. The van der Waals surface area contributed by atoms with Gasteiger partial charge >= 0.3 is 0 Å². The third-order valence-electron chi connectivity index (χ3n) is 4.84. The molecule has 0 fully saturated rings. The highest BCUT2D eigenvalue weighted by molar-refractivity contribution is 5.91. The summed E-state index contributed by atoms with van der Waals surface area (Å²) in [5, 5.41) is 6.67. The Labute approximate surface area is 177 Å². The van der Waals surface area contributed by atoms with Gasteiger partial charge in [0, 0.05) is 17.4 Å². The van der Waals surface area contributed by atoms with E-state index in [2.05, 4.69) is 15.5 Å². The quantitative estimate of drug-likeness (QED) is 0.530. The molecule has 1 amide bonds. The van der Waals surface area contributed by atoms with Gasteiger partial charge in [-0.25, -0.2) is 4.39 Å². The Hall–Kier alpha value is -4.07. The minimum atomic E-state index is -0.437. The molecule has 4 rings (SSSR count). The monoisotopic (exact) mass is 418 g/mol. The molecule has 2 heterocycles. The molecule has 4 aromatic rings. The fourth-order valence-electron chi connectivity index (χ4n) is 3.20. The van der Waals surface area contributed by atoms with Gasteiger partial charge in [-0.2, -0.15) is 4.98 Å². The van der Waals surface area contributed by atoms with E-state index in [1.54, 1.807) is 19.1 Å². The first-order valence-electron chi connectivity index (χ1n) is 9.58. The minimum absolute atomic E-state index is 0.0763. The number of anilines is 1. The zero-order chi connectivity index (χ0) is 22.0. The molecule has 156 valence electrons. The highest BCUT2D eigenvalue weighted by atomic mass is 19.1. The molecule has 2 aromatic carbocycles. The highest BCUT2D eigenvalue weighted by Crippen LogP contribution is 2.23. The lowest BCUT2D eigenvalue weighted by atomic mass is 10.1. The van der Waals surface area contributed by atoms with Crippen molar-refractivity contribution in [3.05, 3.63) is 88.1 Å². The summed E-state index contributed by atoms with van der Waals surface area (Å²) in [4.78, 5) is 29.7. The van der Waals surface area contributed by atoms with Gasteiger partial charge in [0.25, 0.3) is 11.4 Å². The Morgan fingerprint density at radius 3 is 2.61 bits per heavy atom. The number of nitrogens with zero attached hydrogens (tertiary/aromatic N) is 3. The van der Waals surface area contributed by atoms with Gasteiger partial charge in [0.2, 0.25) is 11.7 Å². The average molecular weight is 418 g/mol. The number of hydrogen-bond acceptors (Lipinski definition) is 5. The normalized spacial score (nSPS) is 10.8. The van der Waals surface area contributed by atoms with Crippen LogP contribution in [0.3, 0.4) is 0 Å². The second-order valence-electron chi connectivity index (χ2n) is 7.10. The van der Waals surface area contributed by atoms with Crippen LogP contribution in [0.25, 0.3) is 22.8 Å². The molecule has 0 spiro atoms. The van der Waals surface area contributed by atoms with Crippen molar-refractivity contribution in [2.45, 2.75) is 20.4 Å². The number of nitrogens with one attached hydrogen (secondary N) is 1. The lowest BCUT2D eigenvalue weighted by molar-refractivity contribution is -0.116. The van der Waals surface area contributed by atoms with Crippen LogP contribution in [0.5, 0.6) is 0 Å². The van der Waals surface area contributed by atoms with Gasteiger partial charge in [-0.1, -0.05) is 29.4 Å². The van der Waals surface area contributed by atoms with Crippen molar-refractivity contribution < 1.29 is 13.7 Å². The van der Waals surface area contributed by atoms with Crippen LogP contribution in [0.1, 0.15) is 11.1 Å². The van der Waals surface area contributed by atoms with Gasteiger partial charge in [-0.05, 0) is 55.3 Å². The number of carbonyl (C=O) groups excluding carboxylic acids is 1. The fourth-order valence-corrected chi connectivity index (χ4v) is 3.20. The molecule has 0 bridgehead atoms. The van der Waals surface area contributed by atoms with Gasteiger partial charge < -0.3 is 14.4 Å². The van der Waals surface area contributed by atoms with Crippen molar-refractivity contribution in [2.75, 3.05) is 5.32 Å². The second-order valence-corrected chi connectivity index (χ2v) is 7.10. The zero-order valence-corrected chi connectivity index (χ0v) is 16.9. The number of pyridine rings is 1. The maximum absolute atomic E-state index is 13.2. The molecule has 0 aliphatic rings. The van der Waals surface area contributed by atoms with E-state index in [1.165, 1.54) is 29.0 Å². The molecule has 0 radical (unpaired) electrons. The minimum Gasteiger partial charge on any atom is -0.333 e. The van der Waals surface area contributed by atoms with Crippen LogP contribution in [0.15, 0.2) is 70.1 Å². The van der Waals surface area contributed by atoms with E-state index >= 15 is 0 Å². The number of aromatic nitrogens is 3. The van der Waals surface area contributed by atoms with Gasteiger partial charge in [0.15, 0.2) is 0 Å². The zero-order valence-electron chi connectivity index (χ0n) is 16.9. The molecule has 31 heavy (non-hydrogen) atoms. The number of halogens is 1. The number of amides is 1. The summed E-state index contributed by atoms with van der Waals surface area (Å²) in [5.74, 6) is -0.344. The molecule has 0 aliphatic carbocycles. The van der Waals surface area contributed by atoms with Crippen molar-refractivity contribution in [2.24, 2.45) is 0 Å². The van der Waals surface area contributed by atoms with Crippen LogP contribution in [0, 0.1) is 19.7 Å². The Balaban J connectivity index is 1.57. The van der Waals surface area contributed by atoms with Crippen LogP contribution in [0.2, 0.25) is 0 Å². The predicted molar refractivity (Wildman–Crippen MR) is 114 cm³/mol. The number of benzene rings is 2. The van der Waals surface area contributed by atoms with Gasteiger partial charge in [0.05, 0.1) is 0 Å². The third-order valence-corrected chi connectivity index (χ3v) is 4.84. The number of rotatable bonds is 5. The van der Waals surface area contributed by atoms with Crippen LogP contribution >= 0.6 is 0 Å². The van der Waals surface area contributed by atoms with Crippen molar-refractivity contribution in [3.8, 4) is 22.8 Å². The summed E-state index contributed by atoms with van der Waals surface area (Å²) in [6.07, 6.45) is 1.50. The van der Waals surface area contributed by atoms with E-state index in [0.29, 0.717) is 17.1 Å². The Morgan fingerprint density at radius 2 is 1.84 bits per heavy atom. The standard InChI is InChI=1S/C23H19FN4O3/c1-14-6-3-4-7-17(14)21-26-22(31-27-21)18-8-5-11-28(23(18)30)13-20(29)25-19-10-9-16(24)12-15(19)2/h3-12H,13H2,1-2H3,(H,25,29). The van der Waals surface area contributed by atoms with E-state index in [1.807, 2.05) is 31.2 Å². The van der Waals surface area contributed by atoms with Crippen LogP contribution in [-0.4, -0.2) is 20.6 Å². The van der Waals surface area contributed by atoms with E-state index in [9.17, 15) is 14.0 Å². The summed E-state index contributed by atoms with van der Waals surface area (Å²) in [6, 6.07) is 14.8. The Morgan fingerprint density at radius 1 is 1.06 bits per heavy atom. The maximum Gasteiger partial charge on any atom is 0.263 e. The van der Waals surface area contributed by atoms with Gasteiger partial charge in [0.1, 0.15) is 17.9 Å². The Bertz CT molecular complexity index is 1330. The number of carbonyl (C=O) groups is 1. The predicted octanol–water partition coefficient (Wildman–Crippen LogP) is 3.96. The summed E-state index contributed by atoms with van der Waals surface area (Å²) in [6.45, 7) is 3.40. The molecule has 2 aromatic heterocycles. The average Bonchev–Trinajstić information content (AvgIpc) is 3.22. The molecule has 0 aliphatic heterocycles. The maximum atomic E-state index is 13.2. The van der Waals surface area contributed by atoms with E-state index in [4.69, 9.17) is 4.52 Å². The van der Waals surface area contributed by atoms with E-state index in [-0.39, 0.29) is 23.8 Å². The van der Waals surface area contributed by atoms with Crippen molar-refractivity contribution in [3.63, 3.8) is 0 Å². The number of hydrogen-bond donors (Lipinski definition) is 1. The highest BCUT2D eigenvalue weighted by Gasteiger charge is 2.17. The summed E-state index contributed by atoms with van der Waals surface area (Å²) in [5.41, 5.74) is 2.62. The van der Waals surface area contributed by atoms with Crippen LogP contribution in [0.4, 0.5) is 10.1 Å². The molecule has 7 nitrogen and oxygen atoms in total. The molecule has 1 N–H and O–H groups in total. The fraction of sp³-hybridized carbons (Fsp3) is 0.130. The third kappa shape index (κ3) is 4.28.